The molecule has 0 saturated carbocycles. The fourth-order valence-electron chi connectivity index (χ4n) is 1.52. The zero-order chi connectivity index (χ0) is 12.6. The monoisotopic (exact) mass is 250 g/mol. The van der Waals surface area contributed by atoms with Gasteiger partial charge in [0.05, 0.1) is 5.75 Å². The Kier molecular flexibility index (Phi) is 2.81. The maximum absolute atomic E-state index is 11.7. The Morgan fingerprint density at radius 3 is 2.76 bits per heavy atom. The van der Waals surface area contributed by atoms with E-state index >= 15 is 0 Å². The molecule has 0 unspecified atom stereocenters. The Bertz CT molecular complexity index is 732. The molecule has 0 aliphatic heterocycles. The van der Waals surface area contributed by atoms with Gasteiger partial charge in [-0.2, -0.15) is 0 Å². The Balaban J connectivity index is 2.78. The average Bonchev–Trinajstić information content (AvgIpc) is 2.61. The van der Waals surface area contributed by atoms with Crippen LogP contribution in [-0.4, -0.2) is 24.9 Å². The van der Waals surface area contributed by atoms with Gasteiger partial charge in [-0.05, 0) is 0 Å². The molecule has 2 rings (SSSR count). The maximum atomic E-state index is 11.7. The van der Waals surface area contributed by atoms with Gasteiger partial charge in [0.2, 0.25) is 0 Å². The van der Waals surface area contributed by atoms with Gasteiger partial charge in [0.1, 0.15) is 0 Å². The summed E-state index contributed by atoms with van der Waals surface area (Å²) in [7, 11) is 3.27. The van der Waals surface area contributed by atoms with Crippen molar-refractivity contribution in [2.75, 3.05) is 5.75 Å². The molecule has 88 valence electrons. The van der Waals surface area contributed by atoms with E-state index < -0.39 is 11.2 Å². The number of nitrogens with one attached hydrogen (secondary N) is 1. The highest BCUT2D eigenvalue weighted by Crippen LogP contribution is 2.18. The molecule has 0 atom stereocenters. The predicted molar refractivity (Wildman–Crippen MR) is 66.1 cm³/mol. The van der Waals surface area contributed by atoms with Crippen LogP contribution >= 0.6 is 11.8 Å². The molecule has 2 aromatic heterocycles. The van der Waals surface area contributed by atoms with Gasteiger partial charge in [-0.3, -0.25) is 14.3 Å². The topological polar surface area (TPSA) is 72.7 Å². The second-order valence-corrected chi connectivity index (χ2v) is 4.38. The first-order valence-electron chi connectivity index (χ1n) is 4.78. The predicted octanol–water partition coefficient (Wildman–Crippen LogP) is -0.314. The quantitative estimate of drug-likeness (QED) is 0.586. The third kappa shape index (κ3) is 1.76. The lowest BCUT2D eigenvalue weighted by Gasteiger charge is -1.98. The number of hydrogen-bond acceptors (Lipinski definition) is 4. The number of imidazole rings is 1. The fourth-order valence-corrected chi connectivity index (χ4v) is 2.17. The smallest absolute Gasteiger partial charge is 0.316 e. The lowest BCUT2D eigenvalue weighted by Crippen LogP contribution is -2.29. The van der Waals surface area contributed by atoms with Gasteiger partial charge in [-0.1, -0.05) is 17.7 Å². The van der Waals surface area contributed by atoms with E-state index in [-0.39, 0.29) is 0 Å². The minimum absolute atomic E-state index is 0.362. The van der Waals surface area contributed by atoms with Crippen molar-refractivity contribution in [1.82, 2.24) is 19.1 Å². The van der Waals surface area contributed by atoms with E-state index in [0.29, 0.717) is 22.1 Å². The number of thioether (sulfide) groups is 1. The molecule has 0 aliphatic carbocycles. The van der Waals surface area contributed by atoms with Crippen LogP contribution in [0, 0.1) is 12.3 Å². The number of rotatable bonds is 2. The standard InChI is InChI=1S/C10H10N4O2S/c1-4-5-17-10-11-7-6(13(10)2)8(15)12-9(16)14(7)3/h1H,5H2,2-3H3,(H,12,15,16). The summed E-state index contributed by atoms with van der Waals surface area (Å²) >= 11 is 1.34. The van der Waals surface area contributed by atoms with Crippen molar-refractivity contribution in [3.8, 4) is 12.3 Å². The van der Waals surface area contributed by atoms with Gasteiger partial charge in [-0.25, -0.2) is 9.78 Å². The number of hydrogen-bond donors (Lipinski definition) is 1. The largest absolute Gasteiger partial charge is 0.329 e. The van der Waals surface area contributed by atoms with Gasteiger partial charge in [0.25, 0.3) is 5.56 Å². The van der Waals surface area contributed by atoms with Gasteiger partial charge < -0.3 is 4.57 Å². The van der Waals surface area contributed by atoms with Crippen LogP contribution in [0.4, 0.5) is 0 Å². The van der Waals surface area contributed by atoms with Crippen molar-refractivity contribution in [1.29, 1.82) is 0 Å². The van der Waals surface area contributed by atoms with Crippen LogP contribution in [0.3, 0.4) is 0 Å². The first-order chi connectivity index (χ1) is 8.06. The molecule has 2 heterocycles. The molecule has 0 amide bonds. The molecular formula is C10H10N4O2S. The van der Waals surface area contributed by atoms with Gasteiger partial charge in [0.15, 0.2) is 16.3 Å². The van der Waals surface area contributed by atoms with Crippen molar-refractivity contribution < 1.29 is 0 Å². The van der Waals surface area contributed by atoms with Crippen LogP contribution in [0.25, 0.3) is 11.2 Å². The van der Waals surface area contributed by atoms with Crippen molar-refractivity contribution >= 4 is 22.9 Å². The highest BCUT2D eigenvalue weighted by atomic mass is 32.2. The first kappa shape index (κ1) is 11.5. The number of nitrogens with zero attached hydrogens (tertiary/aromatic N) is 3. The fraction of sp³-hybridized carbons (Fsp3) is 0.300. The number of aryl methyl sites for hydroxylation is 2. The number of H-pyrrole nitrogens is 1. The summed E-state index contributed by atoms with van der Waals surface area (Å²) in [6.07, 6.45) is 5.17. The SMILES string of the molecule is C#CCSc1nc2c(c(=O)[nH]c(=O)n2C)n1C. The zero-order valence-electron chi connectivity index (χ0n) is 9.35. The van der Waals surface area contributed by atoms with E-state index in [1.165, 1.54) is 16.3 Å². The third-order valence-corrected chi connectivity index (χ3v) is 3.31. The number of aromatic amines is 1. The van der Waals surface area contributed by atoms with Crippen molar-refractivity contribution in [3.05, 3.63) is 20.8 Å². The molecule has 0 radical (unpaired) electrons. The molecule has 0 aromatic carbocycles. The lowest BCUT2D eigenvalue weighted by molar-refractivity contribution is 0.812. The number of terminal acetylenes is 1. The Morgan fingerprint density at radius 1 is 1.41 bits per heavy atom. The molecule has 0 bridgehead atoms. The summed E-state index contributed by atoms with van der Waals surface area (Å²) in [5.74, 6) is 2.94. The van der Waals surface area contributed by atoms with Gasteiger partial charge >= 0.3 is 5.69 Å². The van der Waals surface area contributed by atoms with Crippen LogP contribution in [0.15, 0.2) is 14.7 Å². The van der Waals surface area contributed by atoms with Crippen LogP contribution in [0.5, 0.6) is 0 Å². The van der Waals surface area contributed by atoms with Crippen molar-refractivity contribution in [3.63, 3.8) is 0 Å². The van der Waals surface area contributed by atoms with E-state index in [2.05, 4.69) is 15.9 Å². The molecule has 0 spiro atoms. The maximum Gasteiger partial charge on any atom is 0.329 e. The normalized spacial score (nSPS) is 10.6. The molecule has 7 heteroatoms. The molecule has 6 nitrogen and oxygen atoms in total. The zero-order valence-corrected chi connectivity index (χ0v) is 10.2. The van der Waals surface area contributed by atoms with Crippen LogP contribution in [0.1, 0.15) is 0 Å². The van der Waals surface area contributed by atoms with Crippen molar-refractivity contribution in [2.24, 2.45) is 14.1 Å². The minimum Gasteiger partial charge on any atom is -0.316 e. The van der Waals surface area contributed by atoms with Gasteiger partial charge in [-0.15, -0.1) is 6.42 Å². The molecule has 2 aromatic rings. The van der Waals surface area contributed by atoms with E-state index in [1.54, 1.807) is 18.7 Å². The van der Waals surface area contributed by atoms with E-state index in [9.17, 15) is 9.59 Å². The van der Waals surface area contributed by atoms with Crippen molar-refractivity contribution in [2.45, 2.75) is 5.16 Å². The summed E-state index contributed by atoms with van der Waals surface area (Å²) < 4.78 is 2.94. The summed E-state index contributed by atoms with van der Waals surface area (Å²) in [6.45, 7) is 0. The molecule has 0 fully saturated rings. The second kappa shape index (κ2) is 4.14. The van der Waals surface area contributed by atoms with Crippen LogP contribution < -0.4 is 11.2 Å². The van der Waals surface area contributed by atoms with E-state index in [1.807, 2.05) is 0 Å². The molecule has 1 N–H and O–H groups in total. The highest BCUT2D eigenvalue weighted by molar-refractivity contribution is 7.99. The average molecular weight is 250 g/mol. The summed E-state index contributed by atoms with van der Waals surface area (Å²) in [5, 5.41) is 0.615. The molecule has 17 heavy (non-hydrogen) atoms. The Morgan fingerprint density at radius 2 is 2.12 bits per heavy atom. The Labute approximate surface area is 101 Å². The van der Waals surface area contributed by atoms with Gasteiger partial charge in [0, 0.05) is 14.1 Å². The third-order valence-electron chi connectivity index (χ3n) is 2.38. The molecule has 0 saturated heterocycles. The first-order valence-corrected chi connectivity index (χ1v) is 5.76. The van der Waals surface area contributed by atoms with Crippen LogP contribution in [0.2, 0.25) is 0 Å². The summed E-state index contributed by atoms with van der Waals surface area (Å²) in [4.78, 5) is 29.6. The Hall–Kier alpha value is -1.94. The minimum atomic E-state index is -0.478. The molecular weight excluding hydrogens is 240 g/mol. The summed E-state index contributed by atoms with van der Waals surface area (Å²) in [5.41, 5.74) is -0.188. The lowest BCUT2D eigenvalue weighted by atomic mass is 10.5. The molecule has 0 aliphatic rings. The second-order valence-electron chi connectivity index (χ2n) is 3.44. The van der Waals surface area contributed by atoms with Crippen LogP contribution in [-0.2, 0) is 14.1 Å². The number of aromatic nitrogens is 4. The highest BCUT2D eigenvalue weighted by Gasteiger charge is 2.14. The number of fused-ring (bicyclic) bond motifs is 1. The summed E-state index contributed by atoms with van der Waals surface area (Å²) in [6, 6.07) is 0. The van der Waals surface area contributed by atoms with E-state index in [4.69, 9.17) is 6.42 Å². The van der Waals surface area contributed by atoms with E-state index in [0.717, 1.165) is 0 Å².